The van der Waals surface area contributed by atoms with Crippen molar-refractivity contribution in [2.75, 3.05) is 0 Å². The number of allylic oxidation sites excluding steroid dienone is 1. The van der Waals surface area contributed by atoms with Crippen molar-refractivity contribution >= 4 is 10.8 Å². The first-order chi connectivity index (χ1) is 11.1. The van der Waals surface area contributed by atoms with Crippen molar-refractivity contribution < 1.29 is 13.2 Å². The maximum absolute atomic E-state index is 13.8. The molecule has 0 aromatic heterocycles. The average Bonchev–Trinajstić information content (AvgIpc) is 2.58. The number of halogens is 3. The molecule has 1 fully saturated rings. The lowest BCUT2D eigenvalue weighted by molar-refractivity contribution is 0.312. The molecule has 0 aliphatic heterocycles. The van der Waals surface area contributed by atoms with Crippen molar-refractivity contribution in [2.45, 2.75) is 44.4 Å². The third kappa shape index (κ3) is 3.29. The highest BCUT2D eigenvalue weighted by Crippen LogP contribution is 2.38. The zero-order valence-corrected chi connectivity index (χ0v) is 13.1. The lowest BCUT2D eigenvalue weighted by atomic mass is 9.77. The van der Waals surface area contributed by atoms with Crippen LogP contribution >= 0.6 is 0 Å². The molecule has 2 aromatic rings. The van der Waals surface area contributed by atoms with E-state index in [1.54, 1.807) is 6.07 Å². The molecule has 1 aliphatic rings. The molecule has 3 rings (SSSR count). The smallest absolute Gasteiger partial charge is 0.195 e. The Morgan fingerprint density at radius 1 is 1.00 bits per heavy atom. The molecule has 23 heavy (non-hydrogen) atoms. The molecule has 122 valence electrons. The number of hydrogen-bond acceptors (Lipinski definition) is 0. The molecule has 2 aromatic carbocycles. The molecule has 0 radical (unpaired) electrons. The summed E-state index contributed by atoms with van der Waals surface area (Å²) in [5, 5.41) is 0.583. The first-order valence-electron chi connectivity index (χ1n) is 8.28. The monoisotopic (exact) mass is 318 g/mol. The van der Waals surface area contributed by atoms with Gasteiger partial charge in [0.25, 0.3) is 0 Å². The lowest BCUT2D eigenvalue weighted by Crippen LogP contribution is -2.13. The third-order valence-corrected chi connectivity index (χ3v) is 5.09. The Morgan fingerprint density at radius 2 is 1.74 bits per heavy atom. The van der Waals surface area contributed by atoms with Crippen LogP contribution in [0.25, 0.3) is 10.8 Å². The van der Waals surface area contributed by atoms with E-state index in [1.807, 2.05) is 18.2 Å². The Morgan fingerprint density at radius 3 is 2.43 bits per heavy atom. The number of rotatable bonds is 4. The van der Waals surface area contributed by atoms with Crippen LogP contribution in [-0.4, -0.2) is 0 Å². The zero-order valence-electron chi connectivity index (χ0n) is 13.1. The quantitative estimate of drug-likeness (QED) is 0.446. The van der Waals surface area contributed by atoms with Crippen molar-refractivity contribution in [1.29, 1.82) is 0 Å². The van der Waals surface area contributed by atoms with Gasteiger partial charge in [0.15, 0.2) is 17.5 Å². The summed E-state index contributed by atoms with van der Waals surface area (Å²) >= 11 is 0. The maximum Gasteiger partial charge on any atom is 0.195 e. The predicted octanol–water partition coefficient (Wildman–Crippen LogP) is 6.50. The van der Waals surface area contributed by atoms with Crippen LogP contribution in [0.4, 0.5) is 13.2 Å². The molecule has 0 atom stereocenters. The fraction of sp³-hybridized carbons (Fsp3) is 0.400. The second-order valence-electron chi connectivity index (χ2n) is 6.55. The van der Waals surface area contributed by atoms with Gasteiger partial charge >= 0.3 is 0 Å². The Kier molecular flexibility index (Phi) is 4.74. The van der Waals surface area contributed by atoms with Crippen LogP contribution < -0.4 is 0 Å². The molecule has 0 heterocycles. The van der Waals surface area contributed by atoms with E-state index >= 15 is 0 Å². The van der Waals surface area contributed by atoms with Crippen molar-refractivity contribution in [2.24, 2.45) is 5.92 Å². The lowest BCUT2D eigenvalue weighted by Gasteiger charge is -2.28. The van der Waals surface area contributed by atoms with Gasteiger partial charge in [-0.2, -0.15) is 0 Å². The molecule has 1 saturated carbocycles. The predicted molar refractivity (Wildman–Crippen MR) is 88.0 cm³/mol. The second kappa shape index (κ2) is 6.77. The number of fused-ring (bicyclic) bond motifs is 1. The van der Waals surface area contributed by atoms with Crippen molar-refractivity contribution in [1.82, 2.24) is 0 Å². The van der Waals surface area contributed by atoms with Gasteiger partial charge in [-0.3, -0.25) is 0 Å². The topological polar surface area (TPSA) is 0 Å². The summed E-state index contributed by atoms with van der Waals surface area (Å²) in [4.78, 5) is 0. The van der Waals surface area contributed by atoms with Crippen LogP contribution in [0.2, 0.25) is 0 Å². The Hall–Kier alpha value is -1.77. The normalized spacial score (nSPS) is 21.5. The maximum atomic E-state index is 13.8. The van der Waals surface area contributed by atoms with E-state index in [-0.39, 0.29) is 5.39 Å². The van der Waals surface area contributed by atoms with Crippen LogP contribution in [0.15, 0.2) is 36.9 Å². The Labute approximate surface area is 135 Å². The van der Waals surface area contributed by atoms with Crippen LogP contribution in [0.1, 0.15) is 50.0 Å². The largest absolute Gasteiger partial charge is 0.204 e. The summed E-state index contributed by atoms with van der Waals surface area (Å²) in [5.41, 5.74) is 1.10. The van der Waals surface area contributed by atoms with Gasteiger partial charge in [0.1, 0.15) is 0 Å². The van der Waals surface area contributed by atoms with E-state index in [2.05, 4.69) is 6.58 Å². The van der Waals surface area contributed by atoms with Gasteiger partial charge < -0.3 is 0 Å². The number of benzene rings is 2. The Balaban J connectivity index is 1.79. The van der Waals surface area contributed by atoms with Crippen molar-refractivity contribution in [3.8, 4) is 0 Å². The molecular weight excluding hydrogens is 297 g/mol. The zero-order chi connectivity index (χ0) is 16.4. The minimum absolute atomic E-state index is 0.146. The first-order valence-corrected chi connectivity index (χ1v) is 8.28. The van der Waals surface area contributed by atoms with Crippen molar-refractivity contribution in [3.05, 3.63) is 59.9 Å². The fourth-order valence-electron chi connectivity index (χ4n) is 3.72. The first kappa shape index (κ1) is 16.1. The van der Waals surface area contributed by atoms with E-state index in [1.165, 1.54) is 19.3 Å². The SMILES string of the molecule is C=CCCC1CCC(c2ccc3c(F)c(F)c(F)cc3c2)CC1. The van der Waals surface area contributed by atoms with Crippen LogP contribution in [0.5, 0.6) is 0 Å². The third-order valence-electron chi connectivity index (χ3n) is 5.09. The molecular formula is C20H21F3. The molecule has 0 unspecified atom stereocenters. The molecule has 0 amide bonds. The average molecular weight is 318 g/mol. The molecule has 0 nitrogen and oxygen atoms in total. The highest BCUT2D eigenvalue weighted by molar-refractivity contribution is 5.84. The minimum atomic E-state index is -1.40. The molecule has 0 saturated heterocycles. The van der Waals surface area contributed by atoms with Crippen LogP contribution in [0.3, 0.4) is 0 Å². The second-order valence-corrected chi connectivity index (χ2v) is 6.55. The summed E-state index contributed by atoms with van der Waals surface area (Å²) in [6.07, 6.45) is 8.79. The highest BCUT2D eigenvalue weighted by Gasteiger charge is 2.22. The standard InChI is InChI=1S/C20H21F3/c1-2-3-4-13-5-7-14(8-6-13)15-9-10-17-16(11-15)12-18(21)20(23)19(17)22/h2,9-14H,1,3-8H2. The summed E-state index contributed by atoms with van der Waals surface area (Å²) in [7, 11) is 0. The van der Waals surface area contributed by atoms with Gasteiger partial charge in [-0.25, -0.2) is 13.2 Å². The van der Waals surface area contributed by atoms with Crippen LogP contribution in [-0.2, 0) is 0 Å². The van der Waals surface area contributed by atoms with Gasteiger partial charge in [-0.05, 0) is 67.4 Å². The summed E-state index contributed by atoms with van der Waals surface area (Å²) in [6, 6.07) is 6.34. The van der Waals surface area contributed by atoms with E-state index in [9.17, 15) is 13.2 Å². The molecule has 0 N–H and O–H groups in total. The van der Waals surface area contributed by atoms with Gasteiger partial charge in [0, 0.05) is 5.39 Å². The van der Waals surface area contributed by atoms with Gasteiger partial charge in [0.2, 0.25) is 0 Å². The van der Waals surface area contributed by atoms with E-state index in [0.29, 0.717) is 11.3 Å². The van der Waals surface area contributed by atoms with E-state index in [4.69, 9.17) is 0 Å². The van der Waals surface area contributed by atoms with Crippen LogP contribution in [0, 0.1) is 23.4 Å². The molecule has 0 bridgehead atoms. The van der Waals surface area contributed by atoms with E-state index < -0.39 is 17.5 Å². The summed E-state index contributed by atoms with van der Waals surface area (Å²) < 4.78 is 40.5. The molecule has 0 spiro atoms. The highest BCUT2D eigenvalue weighted by atomic mass is 19.2. The minimum Gasteiger partial charge on any atom is -0.204 e. The van der Waals surface area contributed by atoms with Gasteiger partial charge in [-0.15, -0.1) is 6.58 Å². The van der Waals surface area contributed by atoms with Gasteiger partial charge in [-0.1, -0.05) is 24.3 Å². The summed E-state index contributed by atoms with van der Waals surface area (Å²) in [6.45, 7) is 3.77. The van der Waals surface area contributed by atoms with Gasteiger partial charge in [0.05, 0.1) is 0 Å². The van der Waals surface area contributed by atoms with E-state index in [0.717, 1.165) is 36.8 Å². The summed E-state index contributed by atoms with van der Waals surface area (Å²) in [5.74, 6) is -2.43. The molecule has 3 heteroatoms. The van der Waals surface area contributed by atoms with Crippen molar-refractivity contribution in [3.63, 3.8) is 0 Å². The fourth-order valence-corrected chi connectivity index (χ4v) is 3.72. The molecule has 1 aliphatic carbocycles. The Bertz CT molecular complexity index is 712. The number of hydrogen-bond donors (Lipinski definition) is 0.